The minimum Gasteiger partial charge on any atom is -0.298 e. The number of rotatable bonds is 3. The standard InChI is InChI=1S/C13H18FN3O/c14-12-5-3-10(4-6-12)8-17-7-1-2-11(9-17)13(18)16-15/h3-6,11H,1-2,7-9,15H2,(H,16,18)/t11-/m1/s1. The molecule has 1 aromatic rings. The van der Waals surface area contributed by atoms with Crippen LogP contribution in [0, 0.1) is 11.7 Å². The number of benzene rings is 1. The molecule has 1 aliphatic heterocycles. The van der Waals surface area contributed by atoms with Crippen LogP contribution in [0.25, 0.3) is 0 Å². The molecule has 1 saturated heterocycles. The molecule has 0 unspecified atom stereocenters. The molecule has 1 aliphatic rings. The van der Waals surface area contributed by atoms with Crippen molar-refractivity contribution in [2.75, 3.05) is 13.1 Å². The second kappa shape index (κ2) is 5.93. The second-order valence-corrected chi connectivity index (χ2v) is 4.71. The smallest absolute Gasteiger partial charge is 0.238 e. The Bertz CT molecular complexity index is 407. The minimum absolute atomic E-state index is 0.0378. The number of piperidine rings is 1. The molecule has 0 aliphatic carbocycles. The van der Waals surface area contributed by atoms with Crippen molar-refractivity contribution in [1.82, 2.24) is 10.3 Å². The minimum atomic E-state index is -0.224. The molecule has 0 aromatic heterocycles. The molecule has 1 aromatic carbocycles. The number of amides is 1. The highest BCUT2D eigenvalue weighted by atomic mass is 19.1. The van der Waals surface area contributed by atoms with E-state index in [1.165, 1.54) is 12.1 Å². The Morgan fingerprint density at radius 1 is 1.44 bits per heavy atom. The molecule has 5 heteroatoms. The SMILES string of the molecule is NNC(=O)[C@@H]1CCCN(Cc2ccc(F)cc2)C1. The van der Waals surface area contributed by atoms with Crippen molar-refractivity contribution in [3.63, 3.8) is 0 Å². The topological polar surface area (TPSA) is 58.4 Å². The van der Waals surface area contributed by atoms with E-state index < -0.39 is 0 Å². The van der Waals surface area contributed by atoms with Crippen molar-refractivity contribution in [3.8, 4) is 0 Å². The van der Waals surface area contributed by atoms with E-state index in [0.717, 1.165) is 31.5 Å². The third-order valence-corrected chi connectivity index (χ3v) is 3.34. The monoisotopic (exact) mass is 251 g/mol. The number of nitrogens with zero attached hydrogens (tertiary/aromatic N) is 1. The van der Waals surface area contributed by atoms with Gasteiger partial charge in [-0.2, -0.15) is 0 Å². The number of halogens is 1. The number of likely N-dealkylation sites (tertiary alicyclic amines) is 1. The molecular formula is C13H18FN3O. The highest BCUT2D eigenvalue weighted by Gasteiger charge is 2.25. The van der Waals surface area contributed by atoms with Gasteiger partial charge in [0.1, 0.15) is 5.82 Å². The highest BCUT2D eigenvalue weighted by molar-refractivity contribution is 5.78. The largest absolute Gasteiger partial charge is 0.298 e. The van der Waals surface area contributed by atoms with E-state index in [4.69, 9.17) is 5.84 Å². The number of hydrogen-bond donors (Lipinski definition) is 2. The van der Waals surface area contributed by atoms with Gasteiger partial charge in [0.05, 0.1) is 5.92 Å². The summed E-state index contributed by atoms with van der Waals surface area (Å²) in [7, 11) is 0. The predicted molar refractivity (Wildman–Crippen MR) is 66.7 cm³/mol. The molecule has 1 heterocycles. The zero-order valence-corrected chi connectivity index (χ0v) is 10.2. The molecule has 1 fully saturated rings. The Balaban J connectivity index is 1.93. The normalized spacial score (nSPS) is 20.7. The summed E-state index contributed by atoms with van der Waals surface area (Å²) in [5.41, 5.74) is 3.27. The van der Waals surface area contributed by atoms with E-state index in [-0.39, 0.29) is 17.6 Å². The van der Waals surface area contributed by atoms with E-state index in [2.05, 4.69) is 10.3 Å². The molecule has 1 atom stereocenters. The van der Waals surface area contributed by atoms with Gasteiger partial charge in [-0.05, 0) is 37.1 Å². The lowest BCUT2D eigenvalue weighted by Crippen LogP contribution is -2.44. The summed E-state index contributed by atoms with van der Waals surface area (Å²) in [6.45, 7) is 2.42. The molecule has 0 radical (unpaired) electrons. The molecule has 4 nitrogen and oxygen atoms in total. The molecule has 2 rings (SSSR count). The van der Waals surface area contributed by atoms with Gasteiger partial charge in [0, 0.05) is 13.1 Å². The Morgan fingerprint density at radius 3 is 2.83 bits per heavy atom. The van der Waals surface area contributed by atoms with Gasteiger partial charge in [0.15, 0.2) is 0 Å². The first kappa shape index (κ1) is 13.0. The fraction of sp³-hybridized carbons (Fsp3) is 0.462. The maximum Gasteiger partial charge on any atom is 0.238 e. The predicted octanol–water partition coefficient (Wildman–Crippen LogP) is 1.03. The van der Waals surface area contributed by atoms with Crippen molar-refractivity contribution >= 4 is 5.91 Å². The van der Waals surface area contributed by atoms with Crippen LogP contribution in [-0.2, 0) is 11.3 Å². The Labute approximate surface area is 106 Å². The maximum atomic E-state index is 12.8. The zero-order valence-electron chi connectivity index (χ0n) is 10.2. The summed E-state index contributed by atoms with van der Waals surface area (Å²) in [5.74, 6) is 4.80. The summed E-state index contributed by atoms with van der Waals surface area (Å²) in [6.07, 6.45) is 1.86. The first-order valence-electron chi connectivity index (χ1n) is 6.16. The molecule has 0 saturated carbocycles. The number of hydrazine groups is 1. The van der Waals surface area contributed by atoms with Gasteiger partial charge in [-0.25, -0.2) is 10.2 Å². The van der Waals surface area contributed by atoms with Crippen LogP contribution in [0.5, 0.6) is 0 Å². The van der Waals surface area contributed by atoms with Crippen LogP contribution in [0.15, 0.2) is 24.3 Å². The lowest BCUT2D eigenvalue weighted by molar-refractivity contribution is -0.126. The number of carbonyl (C=O) groups is 1. The van der Waals surface area contributed by atoms with Crippen LogP contribution in [0.2, 0.25) is 0 Å². The number of carbonyl (C=O) groups excluding carboxylic acids is 1. The van der Waals surface area contributed by atoms with E-state index >= 15 is 0 Å². The summed E-state index contributed by atoms with van der Waals surface area (Å²) in [5, 5.41) is 0. The Morgan fingerprint density at radius 2 is 2.17 bits per heavy atom. The van der Waals surface area contributed by atoms with Crippen LogP contribution in [0.1, 0.15) is 18.4 Å². The quantitative estimate of drug-likeness (QED) is 0.479. The first-order valence-corrected chi connectivity index (χ1v) is 6.16. The number of nitrogens with two attached hydrogens (primary N) is 1. The van der Waals surface area contributed by atoms with E-state index in [1.54, 1.807) is 12.1 Å². The zero-order chi connectivity index (χ0) is 13.0. The van der Waals surface area contributed by atoms with Crippen LogP contribution in [-0.4, -0.2) is 23.9 Å². The van der Waals surface area contributed by atoms with Crippen molar-refractivity contribution in [2.24, 2.45) is 11.8 Å². The summed E-state index contributed by atoms with van der Waals surface area (Å²) >= 11 is 0. The number of hydrogen-bond acceptors (Lipinski definition) is 3. The Kier molecular flexibility index (Phi) is 4.28. The molecule has 3 N–H and O–H groups in total. The molecule has 0 bridgehead atoms. The van der Waals surface area contributed by atoms with Crippen LogP contribution in [0.3, 0.4) is 0 Å². The van der Waals surface area contributed by atoms with Gasteiger partial charge in [0.25, 0.3) is 0 Å². The van der Waals surface area contributed by atoms with Crippen molar-refractivity contribution in [2.45, 2.75) is 19.4 Å². The van der Waals surface area contributed by atoms with Gasteiger partial charge in [-0.3, -0.25) is 15.1 Å². The van der Waals surface area contributed by atoms with Crippen LogP contribution >= 0.6 is 0 Å². The first-order chi connectivity index (χ1) is 8.69. The van der Waals surface area contributed by atoms with Crippen LogP contribution < -0.4 is 11.3 Å². The molecule has 18 heavy (non-hydrogen) atoms. The fourth-order valence-corrected chi connectivity index (χ4v) is 2.38. The summed E-state index contributed by atoms with van der Waals surface area (Å²) < 4.78 is 12.8. The highest BCUT2D eigenvalue weighted by Crippen LogP contribution is 2.18. The molecule has 1 amide bonds. The van der Waals surface area contributed by atoms with Gasteiger partial charge >= 0.3 is 0 Å². The maximum absolute atomic E-state index is 12.8. The van der Waals surface area contributed by atoms with Gasteiger partial charge in [0.2, 0.25) is 5.91 Å². The van der Waals surface area contributed by atoms with Crippen molar-refractivity contribution in [3.05, 3.63) is 35.6 Å². The second-order valence-electron chi connectivity index (χ2n) is 4.71. The summed E-state index contributed by atoms with van der Waals surface area (Å²) in [6, 6.07) is 6.48. The summed E-state index contributed by atoms with van der Waals surface area (Å²) in [4.78, 5) is 13.7. The van der Waals surface area contributed by atoms with Gasteiger partial charge < -0.3 is 0 Å². The van der Waals surface area contributed by atoms with E-state index in [1.807, 2.05) is 0 Å². The van der Waals surface area contributed by atoms with E-state index in [9.17, 15) is 9.18 Å². The molecule has 98 valence electrons. The van der Waals surface area contributed by atoms with E-state index in [0.29, 0.717) is 6.54 Å². The number of nitrogens with one attached hydrogen (secondary N) is 1. The van der Waals surface area contributed by atoms with Gasteiger partial charge in [-0.1, -0.05) is 12.1 Å². The Hall–Kier alpha value is -1.46. The fourth-order valence-electron chi connectivity index (χ4n) is 2.38. The lowest BCUT2D eigenvalue weighted by atomic mass is 9.97. The van der Waals surface area contributed by atoms with Crippen molar-refractivity contribution in [1.29, 1.82) is 0 Å². The molecular weight excluding hydrogens is 233 g/mol. The molecule has 0 spiro atoms. The van der Waals surface area contributed by atoms with Crippen molar-refractivity contribution < 1.29 is 9.18 Å². The lowest BCUT2D eigenvalue weighted by Gasteiger charge is -2.31. The van der Waals surface area contributed by atoms with Gasteiger partial charge in [-0.15, -0.1) is 0 Å². The third kappa shape index (κ3) is 3.27. The average molecular weight is 251 g/mol. The average Bonchev–Trinajstić information content (AvgIpc) is 2.41. The third-order valence-electron chi connectivity index (χ3n) is 3.34. The van der Waals surface area contributed by atoms with Crippen LogP contribution in [0.4, 0.5) is 4.39 Å².